The summed E-state index contributed by atoms with van der Waals surface area (Å²) in [5.74, 6) is 0.720. The summed E-state index contributed by atoms with van der Waals surface area (Å²) >= 11 is 6.31. The Balaban J connectivity index is 1.94. The number of halogens is 4. The molecule has 0 fully saturated rings. The Morgan fingerprint density at radius 1 is 1.13 bits per heavy atom. The van der Waals surface area contributed by atoms with Crippen LogP contribution in [0.5, 0.6) is 0 Å². The Kier molecular flexibility index (Phi) is 6.58. The van der Waals surface area contributed by atoms with E-state index >= 15 is 0 Å². The van der Waals surface area contributed by atoms with Gasteiger partial charge in [0.25, 0.3) is 5.56 Å². The van der Waals surface area contributed by atoms with Crippen molar-refractivity contribution in [2.45, 2.75) is 26.6 Å². The molecule has 0 aliphatic heterocycles. The molecule has 30 heavy (non-hydrogen) atoms. The van der Waals surface area contributed by atoms with Crippen LogP contribution in [0, 0.1) is 5.92 Å². The number of aromatic amines is 1. The summed E-state index contributed by atoms with van der Waals surface area (Å²) in [4.78, 5) is 23.0. The van der Waals surface area contributed by atoms with Gasteiger partial charge in [0.05, 0.1) is 22.0 Å². The summed E-state index contributed by atoms with van der Waals surface area (Å²) in [5, 5.41) is 3.72. The lowest BCUT2D eigenvalue weighted by molar-refractivity contribution is -0.137. The Hall–Kier alpha value is -2.71. The molecule has 9 heteroatoms. The zero-order valence-corrected chi connectivity index (χ0v) is 17.1. The average molecular weight is 437 g/mol. The fourth-order valence-corrected chi connectivity index (χ4v) is 3.01. The van der Waals surface area contributed by atoms with Crippen LogP contribution in [0.1, 0.15) is 25.0 Å². The average Bonchev–Trinajstić information content (AvgIpc) is 2.68. The first-order valence-electron chi connectivity index (χ1n) is 9.28. The van der Waals surface area contributed by atoms with E-state index in [1.807, 2.05) is 12.1 Å². The van der Waals surface area contributed by atoms with E-state index in [4.69, 9.17) is 11.6 Å². The number of pyridine rings is 1. The molecule has 0 radical (unpaired) electrons. The lowest BCUT2D eigenvalue weighted by Crippen LogP contribution is -2.19. The van der Waals surface area contributed by atoms with Crippen molar-refractivity contribution in [2.24, 2.45) is 5.92 Å². The van der Waals surface area contributed by atoms with Crippen molar-refractivity contribution in [3.05, 3.63) is 69.1 Å². The van der Waals surface area contributed by atoms with Gasteiger partial charge >= 0.3 is 6.18 Å². The number of nitrogens with zero attached hydrogens (tertiary/aromatic N) is 2. The van der Waals surface area contributed by atoms with Crippen LogP contribution in [-0.4, -0.2) is 21.5 Å². The van der Waals surface area contributed by atoms with Gasteiger partial charge in [-0.1, -0.05) is 31.5 Å². The maximum absolute atomic E-state index is 12.8. The van der Waals surface area contributed by atoms with E-state index in [1.165, 1.54) is 12.1 Å². The minimum Gasteiger partial charge on any atom is -0.312 e. The zero-order chi connectivity index (χ0) is 21.9. The largest absolute Gasteiger partial charge is 0.417 e. The number of nitrogens with one attached hydrogen (secondary N) is 2. The molecule has 0 saturated carbocycles. The number of benzene rings is 1. The van der Waals surface area contributed by atoms with Gasteiger partial charge in [-0.25, -0.2) is 4.98 Å². The Labute approximate surface area is 176 Å². The quantitative estimate of drug-likeness (QED) is 0.575. The SMILES string of the molecule is CC(C)CNCc1ccc(Cl)c(-c2nc(-c3ccc(C(F)(F)F)cn3)cc(=O)[nH]2)c1. The van der Waals surface area contributed by atoms with E-state index in [0.29, 0.717) is 29.2 Å². The molecule has 2 heterocycles. The predicted molar refractivity (Wildman–Crippen MR) is 110 cm³/mol. The minimum atomic E-state index is -4.49. The van der Waals surface area contributed by atoms with Crippen LogP contribution < -0.4 is 10.9 Å². The fraction of sp³-hybridized carbons (Fsp3) is 0.286. The lowest BCUT2D eigenvalue weighted by Gasteiger charge is -2.11. The number of H-pyrrole nitrogens is 1. The summed E-state index contributed by atoms with van der Waals surface area (Å²) in [6.45, 7) is 5.68. The van der Waals surface area contributed by atoms with E-state index in [0.717, 1.165) is 18.2 Å². The topological polar surface area (TPSA) is 70.7 Å². The Morgan fingerprint density at radius 3 is 2.53 bits per heavy atom. The molecule has 0 bridgehead atoms. The van der Waals surface area contributed by atoms with Crippen molar-refractivity contribution in [1.29, 1.82) is 0 Å². The van der Waals surface area contributed by atoms with E-state index in [-0.39, 0.29) is 17.2 Å². The van der Waals surface area contributed by atoms with Crippen LogP contribution in [0.3, 0.4) is 0 Å². The first kappa shape index (κ1) is 22.0. The zero-order valence-electron chi connectivity index (χ0n) is 16.3. The monoisotopic (exact) mass is 436 g/mol. The summed E-state index contributed by atoms with van der Waals surface area (Å²) in [5.41, 5.74) is 0.447. The predicted octanol–water partition coefficient (Wildman–Crippen LogP) is 4.92. The minimum absolute atomic E-state index is 0.154. The highest BCUT2D eigenvalue weighted by Crippen LogP contribution is 2.30. The van der Waals surface area contributed by atoms with E-state index in [9.17, 15) is 18.0 Å². The van der Waals surface area contributed by atoms with Crippen molar-refractivity contribution < 1.29 is 13.2 Å². The van der Waals surface area contributed by atoms with Gasteiger partial charge in [0.15, 0.2) is 0 Å². The summed E-state index contributed by atoms with van der Waals surface area (Å²) < 4.78 is 38.3. The van der Waals surface area contributed by atoms with E-state index in [2.05, 4.69) is 34.1 Å². The number of rotatable bonds is 6. The Bertz CT molecular complexity index is 1080. The van der Waals surface area contributed by atoms with Crippen LogP contribution in [-0.2, 0) is 12.7 Å². The first-order chi connectivity index (χ1) is 14.1. The molecule has 2 N–H and O–H groups in total. The third kappa shape index (κ3) is 5.46. The van der Waals surface area contributed by atoms with Crippen LogP contribution in [0.2, 0.25) is 5.02 Å². The highest BCUT2D eigenvalue weighted by molar-refractivity contribution is 6.33. The second-order valence-corrected chi connectivity index (χ2v) is 7.66. The molecule has 0 aliphatic rings. The molecular weight excluding hydrogens is 417 g/mol. The highest BCUT2D eigenvalue weighted by Gasteiger charge is 2.30. The normalized spacial score (nSPS) is 11.8. The van der Waals surface area contributed by atoms with Crippen molar-refractivity contribution >= 4 is 11.6 Å². The number of aromatic nitrogens is 3. The van der Waals surface area contributed by atoms with Gasteiger partial charge in [-0.2, -0.15) is 13.2 Å². The second kappa shape index (κ2) is 8.97. The van der Waals surface area contributed by atoms with Gasteiger partial charge in [-0.3, -0.25) is 9.78 Å². The van der Waals surface area contributed by atoms with Crippen molar-refractivity contribution in [3.8, 4) is 22.8 Å². The van der Waals surface area contributed by atoms with E-state index in [1.54, 1.807) is 6.07 Å². The van der Waals surface area contributed by atoms with Gasteiger partial charge in [-0.05, 0) is 42.3 Å². The molecule has 0 atom stereocenters. The van der Waals surface area contributed by atoms with Crippen LogP contribution >= 0.6 is 11.6 Å². The van der Waals surface area contributed by atoms with Gasteiger partial charge in [-0.15, -0.1) is 0 Å². The van der Waals surface area contributed by atoms with E-state index < -0.39 is 17.3 Å². The second-order valence-electron chi connectivity index (χ2n) is 7.25. The van der Waals surface area contributed by atoms with Gasteiger partial charge in [0.2, 0.25) is 0 Å². The van der Waals surface area contributed by atoms with Gasteiger partial charge in [0, 0.05) is 24.4 Å². The van der Waals surface area contributed by atoms with Crippen LogP contribution in [0.25, 0.3) is 22.8 Å². The molecule has 158 valence electrons. The maximum Gasteiger partial charge on any atom is 0.417 e. The van der Waals surface area contributed by atoms with Crippen molar-refractivity contribution in [1.82, 2.24) is 20.3 Å². The molecule has 1 aromatic carbocycles. The molecular formula is C21H20ClF3N4O. The molecule has 0 amide bonds. The van der Waals surface area contributed by atoms with Crippen LogP contribution in [0.4, 0.5) is 13.2 Å². The molecule has 0 saturated heterocycles. The number of hydrogen-bond donors (Lipinski definition) is 2. The van der Waals surface area contributed by atoms with Crippen LogP contribution in [0.15, 0.2) is 47.4 Å². The highest BCUT2D eigenvalue weighted by atomic mass is 35.5. The molecule has 5 nitrogen and oxygen atoms in total. The lowest BCUT2D eigenvalue weighted by atomic mass is 10.1. The molecule has 3 rings (SSSR count). The third-order valence-electron chi connectivity index (χ3n) is 4.26. The van der Waals surface area contributed by atoms with Crippen molar-refractivity contribution in [3.63, 3.8) is 0 Å². The molecule has 0 aliphatic carbocycles. The number of alkyl halides is 3. The molecule has 2 aromatic heterocycles. The summed E-state index contributed by atoms with van der Waals surface area (Å²) in [7, 11) is 0. The molecule has 0 unspecified atom stereocenters. The third-order valence-corrected chi connectivity index (χ3v) is 4.59. The summed E-state index contributed by atoms with van der Waals surface area (Å²) in [6, 6.07) is 8.67. The fourth-order valence-electron chi connectivity index (χ4n) is 2.80. The smallest absolute Gasteiger partial charge is 0.312 e. The Morgan fingerprint density at radius 2 is 1.90 bits per heavy atom. The molecule has 0 spiro atoms. The summed E-state index contributed by atoms with van der Waals surface area (Å²) in [6.07, 6.45) is -3.78. The van der Waals surface area contributed by atoms with Crippen molar-refractivity contribution in [2.75, 3.05) is 6.54 Å². The first-order valence-corrected chi connectivity index (χ1v) is 9.66. The standard InChI is InChI=1S/C21H20ClF3N4O/c1-12(2)9-26-10-13-3-5-16(22)15(7-13)20-28-18(8-19(30)29-20)17-6-4-14(11-27-17)21(23,24)25/h3-8,11-12,26H,9-10H2,1-2H3,(H,28,29,30). The van der Waals surface area contributed by atoms with Gasteiger partial charge in [0.1, 0.15) is 5.82 Å². The maximum atomic E-state index is 12.8. The number of hydrogen-bond acceptors (Lipinski definition) is 4. The van der Waals surface area contributed by atoms with Gasteiger partial charge < -0.3 is 10.3 Å². The molecule has 3 aromatic rings.